The van der Waals surface area contributed by atoms with Crippen LogP contribution in [0.2, 0.25) is 6.04 Å². The van der Waals surface area contributed by atoms with Crippen molar-refractivity contribution >= 4 is 9.52 Å². The minimum Gasteiger partial charge on any atom is -0.360 e. The van der Waals surface area contributed by atoms with Gasteiger partial charge in [-0.15, -0.1) is 0 Å². The highest BCUT2D eigenvalue weighted by atomic mass is 28.2. The predicted octanol–water partition coefficient (Wildman–Crippen LogP) is 6.30. The molecule has 4 heteroatoms. The van der Waals surface area contributed by atoms with Crippen molar-refractivity contribution in [1.29, 1.82) is 0 Å². The molecule has 0 N–H and O–H groups in total. The van der Waals surface area contributed by atoms with Crippen LogP contribution in [0.1, 0.15) is 86.5 Å². The zero-order chi connectivity index (χ0) is 22.3. The summed E-state index contributed by atoms with van der Waals surface area (Å²) in [6, 6.07) is 2.76. The summed E-state index contributed by atoms with van der Waals surface area (Å²) in [5.41, 5.74) is 0. The molecule has 0 bridgehead atoms. The van der Waals surface area contributed by atoms with Gasteiger partial charge in [-0.3, -0.25) is 4.90 Å². The molecule has 2 rings (SSSR count). The third-order valence-corrected chi connectivity index (χ3v) is 9.61. The first kappa shape index (κ1) is 26.4. The molecule has 0 aromatic rings. The van der Waals surface area contributed by atoms with Gasteiger partial charge in [0.15, 0.2) is 0 Å². The van der Waals surface area contributed by atoms with E-state index in [-0.39, 0.29) is 5.91 Å². The molecule has 0 spiro atoms. The van der Waals surface area contributed by atoms with Crippen molar-refractivity contribution in [3.8, 4) is 0 Å². The molecule has 2 aliphatic carbocycles. The largest absolute Gasteiger partial charge is 0.360 e. The summed E-state index contributed by atoms with van der Waals surface area (Å²) in [5.74, 6) is 5.03. The van der Waals surface area contributed by atoms with Gasteiger partial charge in [-0.05, 0) is 74.2 Å². The SMILES string of the molecule is COC(OC)[Si]CCCN(C1CC(C)CCC1C(C)C)C1CC(C)CCC1C(C)C. The molecule has 2 aliphatic rings. The summed E-state index contributed by atoms with van der Waals surface area (Å²) >= 11 is 0. The smallest absolute Gasteiger partial charge is 0.136 e. The molecule has 6 atom stereocenters. The van der Waals surface area contributed by atoms with E-state index >= 15 is 0 Å². The lowest BCUT2D eigenvalue weighted by Gasteiger charge is -2.52. The van der Waals surface area contributed by atoms with Crippen LogP contribution >= 0.6 is 0 Å². The zero-order valence-electron chi connectivity index (χ0n) is 21.3. The second kappa shape index (κ2) is 13.0. The molecule has 0 aliphatic heterocycles. The van der Waals surface area contributed by atoms with Crippen LogP contribution in [0.15, 0.2) is 0 Å². The van der Waals surface area contributed by atoms with Gasteiger partial charge in [-0.25, -0.2) is 0 Å². The second-order valence-electron chi connectivity index (χ2n) is 11.1. The molecule has 0 aromatic heterocycles. The van der Waals surface area contributed by atoms with E-state index in [9.17, 15) is 0 Å². The van der Waals surface area contributed by atoms with Crippen LogP contribution in [0.3, 0.4) is 0 Å². The summed E-state index contributed by atoms with van der Waals surface area (Å²) in [7, 11) is 4.27. The summed E-state index contributed by atoms with van der Waals surface area (Å²) < 4.78 is 10.9. The van der Waals surface area contributed by atoms with Crippen LogP contribution in [0.4, 0.5) is 0 Å². The highest BCUT2D eigenvalue weighted by Gasteiger charge is 2.41. The average molecular weight is 438 g/mol. The Hall–Kier alpha value is 0.0969. The van der Waals surface area contributed by atoms with E-state index in [0.29, 0.717) is 0 Å². The van der Waals surface area contributed by atoms with Gasteiger partial charge in [0.2, 0.25) is 0 Å². The third kappa shape index (κ3) is 7.32. The number of nitrogens with zero attached hydrogens (tertiary/aromatic N) is 1. The van der Waals surface area contributed by atoms with Gasteiger partial charge in [0.25, 0.3) is 0 Å². The first-order chi connectivity index (χ1) is 14.3. The lowest BCUT2D eigenvalue weighted by molar-refractivity contribution is -0.0444. The fourth-order valence-electron chi connectivity index (χ4n) is 6.39. The maximum absolute atomic E-state index is 5.44. The Labute approximate surface area is 190 Å². The van der Waals surface area contributed by atoms with E-state index in [1.54, 1.807) is 14.2 Å². The van der Waals surface area contributed by atoms with Gasteiger partial charge in [0.1, 0.15) is 15.4 Å². The summed E-state index contributed by atoms with van der Waals surface area (Å²) in [6.45, 7) is 16.1. The fourth-order valence-corrected chi connectivity index (χ4v) is 7.32. The van der Waals surface area contributed by atoms with Crippen molar-refractivity contribution in [2.75, 3.05) is 20.8 Å². The number of rotatable bonds is 11. The number of hydrogen-bond acceptors (Lipinski definition) is 3. The van der Waals surface area contributed by atoms with Crippen molar-refractivity contribution in [3.63, 3.8) is 0 Å². The quantitative estimate of drug-likeness (QED) is 0.215. The fraction of sp³-hybridized carbons (Fsp3) is 1.00. The number of ether oxygens (including phenoxy) is 2. The predicted molar refractivity (Wildman–Crippen MR) is 130 cm³/mol. The lowest BCUT2D eigenvalue weighted by Crippen LogP contribution is -2.55. The molecule has 2 radical (unpaired) electrons. The number of hydrogen-bond donors (Lipinski definition) is 0. The van der Waals surface area contributed by atoms with Gasteiger partial charge in [-0.1, -0.05) is 60.4 Å². The van der Waals surface area contributed by atoms with Crippen LogP contribution in [-0.2, 0) is 9.47 Å². The van der Waals surface area contributed by atoms with Gasteiger partial charge >= 0.3 is 0 Å². The Morgan fingerprint density at radius 3 is 1.67 bits per heavy atom. The normalized spacial score (nSPS) is 33.2. The number of methoxy groups -OCH3 is 2. The van der Waals surface area contributed by atoms with E-state index in [1.165, 1.54) is 57.5 Å². The molecule has 0 saturated heterocycles. The molecule has 0 aromatic carbocycles. The molecular weight excluding hydrogens is 386 g/mol. The van der Waals surface area contributed by atoms with Crippen molar-refractivity contribution in [2.24, 2.45) is 35.5 Å². The van der Waals surface area contributed by atoms with Crippen LogP contribution < -0.4 is 0 Å². The molecular formula is C26H51NO2Si. The van der Waals surface area contributed by atoms with Gasteiger partial charge in [-0.2, -0.15) is 0 Å². The Morgan fingerprint density at radius 2 is 1.27 bits per heavy atom. The first-order valence-electron chi connectivity index (χ1n) is 12.8. The van der Waals surface area contributed by atoms with E-state index in [4.69, 9.17) is 9.47 Å². The molecule has 2 fully saturated rings. The van der Waals surface area contributed by atoms with Crippen LogP contribution in [0, 0.1) is 35.5 Å². The minimum absolute atomic E-state index is 0.0188. The molecule has 30 heavy (non-hydrogen) atoms. The maximum atomic E-state index is 5.44. The Bertz CT molecular complexity index is 436. The first-order valence-corrected chi connectivity index (χ1v) is 14.1. The van der Waals surface area contributed by atoms with Crippen molar-refractivity contribution in [2.45, 2.75) is 111 Å². The van der Waals surface area contributed by atoms with Crippen LogP contribution in [0.5, 0.6) is 0 Å². The molecule has 176 valence electrons. The Morgan fingerprint density at radius 1 is 0.800 bits per heavy atom. The van der Waals surface area contributed by atoms with Crippen molar-refractivity contribution in [1.82, 2.24) is 4.90 Å². The van der Waals surface area contributed by atoms with Crippen LogP contribution in [-0.4, -0.2) is 53.2 Å². The molecule has 0 amide bonds. The van der Waals surface area contributed by atoms with E-state index in [0.717, 1.165) is 57.1 Å². The average Bonchev–Trinajstić information content (AvgIpc) is 2.70. The second-order valence-corrected chi connectivity index (χ2v) is 12.5. The topological polar surface area (TPSA) is 21.7 Å². The minimum atomic E-state index is -0.0188. The highest BCUT2D eigenvalue weighted by molar-refractivity contribution is 6.36. The van der Waals surface area contributed by atoms with E-state index < -0.39 is 0 Å². The van der Waals surface area contributed by atoms with Crippen molar-refractivity contribution < 1.29 is 9.47 Å². The summed E-state index contributed by atoms with van der Waals surface area (Å²) in [5, 5.41) is 0. The Kier molecular flexibility index (Phi) is 11.4. The summed E-state index contributed by atoms with van der Waals surface area (Å²) in [4.78, 5) is 3.06. The van der Waals surface area contributed by atoms with E-state index in [1.807, 2.05) is 0 Å². The van der Waals surface area contributed by atoms with Crippen LogP contribution in [0.25, 0.3) is 0 Å². The molecule has 6 unspecified atom stereocenters. The van der Waals surface area contributed by atoms with Gasteiger partial charge < -0.3 is 9.47 Å². The van der Waals surface area contributed by atoms with Crippen molar-refractivity contribution in [3.05, 3.63) is 0 Å². The highest BCUT2D eigenvalue weighted by Crippen LogP contribution is 2.43. The standard InChI is InChI=1S/C26H51NO2Si/c1-18(2)22-12-10-20(5)16-24(22)27(14-9-15-30-26(28-7)29-8)25-17-21(6)11-13-23(25)19(3)4/h18-26H,9-17H2,1-8H3. The third-order valence-electron chi connectivity index (χ3n) is 8.16. The lowest BCUT2D eigenvalue weighted by atomic mass is 9.69. The van der Waals surface area contributed by atoms with Gasteiger partial charge in [0.05, 0.1) is 0 Å². The zero-order valence-corrected chi connectivity index (χ0v) is 22.3. The molecule has 2 saturated carbocycles. The summed E-state index contributed by atoms with van der Waals surface area (Å²) in [6.07, 6.45) is 9.77. The molecule has 0 heterocycles. The monoisotopic (exact) mass is 437 g/mol. The maximum Gasteiger partial charge on any atom is 0.136 e. The Balaban J connectivity index is 2.19. The van der Waals surface area contributed by atoms with E-state index in [2.05, 4.69) is 46.4 Å². The molecule has 3 nitrogen and oxygen atoms in total. The van der Waals surface area contributed by atoms with Gasteiger partial charge in [0, 0.05) is 26.3 Å².